The zero-order chi connectivity index (χ0) is 12.5. The van der Waals surface area contributed by atoms with E-state index in [1.165, 1.54) is 0 Å². The van der Waals surface area contributed by atoms with Crippen LogP contribution in [0, 0.1) is 0 Å². The van der Waals surface area contributed by atoms with Gasteiger partial charge in [-0.15, -0.1) is 0 Å². The van der Waals surface area contributed by atoms with Crippen molar-refractivity contribution in [1.82, 2.24) is 10.2 Å². The summed E-state index contributed by atoms with van der Waals surface area (Å²) in [7, 11) is 0. The Bertz CT molecular complexity index is 371. The molecule has 3 nitrogen and oxygen atoms in total. The molecule has 17 heavy (non-hydrogen) atoms. The Kier molecular flexibility index (Phi) is 1.97. The van der Waals surface area contributed by atoms with Gasteiger partial charge >= 0.3 is 6.18 Å². The van der Waals surface area contributed by atoms with Crippen LogP contribution in [0.15, 0.2) is 0 Å². The molecule has 96 valence electrons. The Labute approximate surface area is 97.3 Å². The highest BCUT2D eigenvalue weighted by atomic mass is 19.4. The van der Waals surface area contributed by atoms with Crippen LogP contribution in [0.1, 0.15) is 39.0 Å². The summed E-state index contributed by atoms with van der Waals surface area (Å²) in [6, 6.07) is 0. The van der Waals surface area contributed by atoms with E-state index in [4.69, 9.17) is 0 Å². The van der Waals surface area contributed by atoms with Crippen molar-refractivity contribution in [3.8, 4) is 0 Å². The second-order valence-corrected chi connectivity index (χ2v) is 5.35. The lowest BCUT2D eigenvalue weighted by Gasteiger charge is -2.34. The maximum atomic E-state index is 13.1. The van der Waals surface area contributed by atoms with Gasteiger partial charge in [0.1, 0.15) is 5.54 Å². The summed E-state index contributed by atoms with van der Waals surface area (Å²) in [6.45, 7) is 1.81. The number of carbonyl (C=O) groups excluding carboxylic acids is 1. The fourth-order valence-electron chi connectivity index (χ4n) is 2.86. The third-order valence-electron chi connectivity index (χ3n) is 4.23. The molecule has 1 heterocycles. The minimum atomic E-state index is -4.31. The summed E-state index contributed by atoms with van der Waals surface area (Å²) in [5, 5.41) is 3.09. The van der Waals surface area contributed by atoms with Crippen LogP contribution in [-0.4, -0.2) is 34.2 Å². The Hall–Kier alpha value is -0.780. The van der Waals surface area contributed by atoms with E-state index in [-0.39, 0.29) is 18.7 Å². The van der Waals surface area contributed by atoms with Gasteiger partial charge in [-0.3, -0.25) is 10.1 Å². The van der Waals surface area contributed by atoms with Gasteiger partial charge in [-0.2, -0.15) is 13.2 Å². The number of alkyl halides is 3. The van der Waals surface area contributed by atoms with E-state index >= 15 is 0 Å². The zero-order valence-electron chi connectivity index (χ0n) is 9.60. The number of carbonyl (C=O) groups is 1. The first-order chi connectivity index (χ1) is 7.86. The second kappa shape index (κ2) is 2.96. The summed E-state index contributed by atoms with van der Waals surface area (Å²) in [5.41, 5.74) is -2.52. The van der Waals surface area contributed by atoms with E-state index in [1.54, 1.807) is 0 Å². The average molecular weight is 248 g/mol. The fourth-order valence-corrected chi connectivity index (χ4v) is 2.86. The molecule has 3 aliphatic rings. The lowest BCUT2D eigenvalue weighted by atomic mass is 10.1. The molecule has 1 atom stereocenters. The Morgan fingerprint density at radius 2 is 1.94 bits per heavy atom. The highest BCUT2D eigenvalue weighted by Gasteiger charge is 2.74. The number of halogens is 3. The van der Waals surface area contributed by atoms with Crippen LogP contribution in [0.25, 0.3) is 0 Å². The van der Waals surface area contributed by atoms with Crippen LogP contribution < -0.4 is 5.32 Å². The average Bonchev–Trinajstić information content (AvgIpc) is 3.08. The van der Waals surface area contributed by atoms with Crippen LogP contribution in [0.2, 0.25) is 0 Å². The molecule has 1 aliphatic heterocycles. The minimum absolute atomic E-state index is 0.0521. The fraction of sp³-hybridized carbons (Fsp3) is 0.909. The monoisotopic (exact) mass is 248 g/mol. The molecule has 2 saturated carbocycles. The number of amides is 1. The Morgan fingerprint density at radius 1 is 1.35 bits per heavy atom. The number of hydrogen-bond donors (Lipinski definition) is 1. The predicted octanol–water partition coefficient (Wildman–Crippen LogP) is 1.78. The van der Waals surface area contributed by atoms with Gasteiger partial charge in [0.25, 0.3) is 0 Å². The van der Waals surface area contributed by atoms with Gasteiger partial charge in [0.15, 0.2) is 0 Å². The van der Waals surface area contributed by atoms with Gasteiger partial charge in [-0.1, -0.05) is 6.92 Å². The molecule has 1 amide bonds. The number of hydrogen-bond acceptors (Lipinski definition) is 2. The molecular formula is C11H15F3N2O. The van der Waals surface area contributed by atoms with E-state index < -0.39 is 23.4 Å². The third-order valence-corrected chi connectivity index (χ3v) is 4.23. The summed E-state index contributed by atoms with van der Waals surface area (Å²) >= 11 is 0. The van der Waals surface area contributed by atoms with Crippen molar-refractivity contribution >= 4 is 5.91 Å². The van der Waals surface area contributed by atoms with Crippen LogP contribution >= 0.6 is 0 Å². The lowest BCUT2D eigenvalue weighted by Crippen LogP contribution is -2.53. The standard InChI is InChI=1S/C11H15F3N2O/c1-2-7-15-9(3-4-9)8(17)16(7)10(5-6-10)11(12,13)14/h7,15H,2-6H2,1H3. The van der Waals surface area contributed by atoms with Crippen molar-refractivity contribution in [1.29, 1.82) is 0 Å². The van der Waals surface area contributed by atoms with Crippen LogP contribution in [0.5, 0.6) is 0 Å². The normalized spacial score (nSPS) is 33.3. The molecule has 3 fully saturated rings. The Morgan fingerprint density at radius 3 is 2.29 bits per heavy atom. The third kappa shape index (κ3) is 1.30. The molecule has 0 aromatic carbocycles. The first-order valence-electron chi connectivity index (χ1n) is 6.04. The van der Waals surface area contributed by atoms with Gasteiger partial charge in [0, 0.05) is 0 Å². The van der Waals surface area contributed by atoms with Crippen molar-refractivity contribution in [3.63, 3.8) is 0 Å². The van der Waals surface area contributed by atoms with Gasteiger partial charge < -0.3 is 4.90 Å². The first-order valence-corrected chi connectivity index (χ1v) is 6.04. The molecule has 1 saturated heterocycles. The molecule has 3 rings (SSSR count). The highest BCUT2D eigenvalue weighted by molar-refractivity contribution is 5.92. The molecular weight excluding hydrogens is 233 g/mol. The van der Waals surface area contributed by atoms with E-state index in [2.05, 4.69) is 5.32 Å². The molecule has 6 heteroatoms. The highest BCUT2D eigenvalue weighted by Crippen LogP contribution is 2.58. The molecule has 0 radical (unpaired) electrons. The summed E-state index contributed by atoms with van der Waals surface area (Å²) in [5.74, 6) is -0.334. The number of nitrogens with one attached hydrogen (secondary N) is 1. The topological polar surface area (TPSA) is 32.3 Å². The molecule has 1 unspecified atom stereocenters. The van der Waals surface area contributed by atoms with Crippen LogP contribution in [0.4, 0.5) is 13.2 Å². The molecule has 1 spiro atoms. The second-order valence-electron chi connectivity index (χ2n) is 5.35. The van der Waals surface area contributed by atoms with E-state index in [0.29, 0.717) is 19.3 Å². The molecule has 2 aliphatic carbocycles. The summed E-state index contributed by atoms with van der Waals surface area (Å²) in [4.78, 5) is 13.3. The summed E-state index contributed by atoms with van der Waals surface area (Å²) < 4.78 is 39.2. The maximum Gasteiger partial charge on any atom is 0.411 e. The minimum Gasteiger partial charge on any atom is -0.311 e. The number of rotatable bonds is 2. The summed E-state index contributed by atoms with van der Waals surface area (Å²) in [6.07, 6.45) is -2.79. The van der Waals surface area contributed by atoms with Crippen molar-refractivity contribution < 1.29 is 18.0 Å². The number of nitrogens with zero attached hydrogens (tertiary/aromatic N) is 1. The van der Waals surface area contributed by atoms with E-state index in [1.807, 2.05) is 6.92 Å². The molecule has 0 aromatic rings. The van der Waals surface area contributed by atoms with Gasteiger partial charge in [0.05, 0.1) is 11.7 Å². The van der Waals surface area contributed by atoms with Crippen molar-refractivity contribution in [2.45, 2.75) is 62.4 Å². The first kappa shape index (κ1) is 11.3. The lowest BCUT2D eigenvalue weighted by molar-refractivity contribution is -0.202. The van der Waals surface area contributed by atoms with Gasteiger partial charge in [-0.05, 0) is 32.1 Å². The SMILES string of the molecule is CCC1NC2(CC2)C(=O)N1C1(C(F)(F)F)CC1. The van der Waals surface area contributed by atoms with Crippen LogP contribution in [0.3, 0.4) is 0 Å². The Balaban J connectivity index is 1.94. The van der Waals surface area contributed by atoms with Gasteiger partial charge in [0.2, 0.25) is 5.91 Å². The maximum absolute atomic E-state index is 13.1. The van der Waals surface area contributed by atoms with Crippen LogP contribution in [-0.2, 0) is 4.79 Å². The molecule has 0 aromatic heterocycles. The molecule has 1 N–H and O–H groups in total. The molecule has 0 bridgehead atoms. The largest absolute Gasteiger partial charge is 0.411 e. The van der Waals surface area contributed by atoms with E-state index in [9.17, 15) is 18.0 Å². The zero-order valence-corrected chi connectivity index (χ0v) is 9.60. The van der Waals surface area contributed by atoms with Crippen molar-refractivity contribution in [2.75, 3.05) is 0 Å². The van der Waals surface area contributed by atoms with Gasteiger partial charge in [-0.25, -0.2) is 0 Å². The quantitative estimate of drug-likeness (QED) is 0.808. The van der Waals surface area contributed by atoms with Crippen molar-refractivity contribution in [2.24, 2.45) is 0 Å². The van der Waals surface area contributed by atoms with Crippen molar-refractivity contribution in [3.05, 3.63) is 0 Å². The predicted molar refractivity (Wildman–Crippen MR) is 54.0 cm³/mol. The van der Waals surface area contributed by atoms with E-state index in [0.717, 1.165) is 4.90 Å². The smallest absolute Gasteiger partial charge is 0.311 e.